The predicted octanol–water partition coefficient (Wildman–Crippen LogP) is 8.36. The van der Waals surface area contributed by atoms with Crippen LogP contribution in [-0.4, -0.2) is 34.7 Å². The number of hydrogen-bond donors (Lipinski definition) is 2. The molecule has 0 radical (unpaired) electrons. The fourth-order valence-corrected chi connectivity index (χ4v) is 4.68. The first-order valence-electron chi connectivity index (χ1n) is 14.0. The first kappa shape index (κ1) is 29.9. The van der Waals surface area contributed by atoms with Gasteiger partial charge in [-0.05, 0) is 57.8 Å². The molecule has 4 heteroatoms. The lowest BCUT2D eigenvalue weighted by molar-refractivity contribution is 0.353. The molecule has 0 saturated heterocycles. The van der Waals surface area contributed by atoms with E-state index in [0.29, 0.717) is 11.5 Å². The van der Waals surface area contributed by atoms with Crippen LogP contribution in [0.5, 0.6) is 11.5 Å². The summed E-state index contributed by atoms with van der Waals surface area (Å²) in [6, 6.07) is 8.53. The molecule has 1 aliphatic carbocycles. The molecule has 1 aliphatic rings. The van der Waals surface area contributed by atoms with E-state index in [4.69, 9.17) is 9.98 Å². The quantitative estimate of drug-likeness (QED) is 0.399. The molecule has 2 aromatic carbocycles. The van der Waals surface area contributed by atoms with Crippen LogP contribution >= 0.6 is 0 Å². The van der Waals surface area contributed by atoms with Crippen LogP contribution in [0.3, 0.4) is 0 Å². The molecule has 0 amide bonds. The number of benzene rings is 2. The molecule has 4 nitrogen and oxygen atoms in total. The molecule has 1 saturated carbocycles. The number of nitrogens with zero attached hydrogens (tertiary/aromatic N) is 2. The average molecular weight is 519 g/mol. The van der Waals surface area contributed by atoms with E-state index in [1.54, 1.807) is 0 Å². The molecular weight excluding hydrogens is 468 g/mol. The van der Waals surface area contributed by atoms with Gasteiger partial charge in [-0.1, -0.05) is 95.2 Å². The highest BCUT2D eigenvalue weighted by Crippen LogP contribution is 2.39. The maximum atomic E-state index is 11.1. The van der Waals surface area contributed by atoms with Gasteiger partial charge in [-0.2, -0.15) is 0 Å². The Kier molecular flexibility index (Phi) is 8.01. The molecule has 0 aromatic heterocycles. The first-order valence-corrected chi connectivity index (χ1v) is 14.0. The van der Waals surface area contributed by atoms with Crippen molar-refractivity contribution < 1.29 is 10.2 Å². The standard InChI is InChI=1S/C34H50N2O2/c1-31(2,3)23-15-21(29(37)25(17-23)33(7,8)9)19-35-27-13-14-28(27)36-20-22-16-24(32(4,5)6)18-26(30(22)38)34(10,11)12/h15-20,27-28,37-38H,13-14H2,1-12H3/t27-,28-/m1/s1. The summed E-state index contributed by atoms with van der Waals surface area (Å²) < 4.78 is 0. The number of phenols is 2. The Labute approximate surface area is 231 Å². The van der Waals surface area contributed by atoms with Gasteiger partial charge in [0, 0.05) is 34.7 Å². The third kappa shape index (κ3) is 6.68. The molecule has 0 heterocycles. The van der Waals surface area contributed by atoms with Gasteiger partial charge in [0.05, 0.1) is 12.1 Å². The summed E-state index contributed by atoms with van der Waals surface area (Å²) in [5.74, 6) is 0.625. The fraction of sp³-hybridized carbons (Fsp3) is 0.588. The predicted molar refractivity (Wildman–Crippen MR) is 163 cm³/mol. The minimum Gasteiger partial charge on any atom is -0.507 e. The van der Waals surface area contributed by atoms with Crippen molar-refractivity contribution in [2.75, 3.05) is 0 Å². The minimum absolute atomic E-state index is 0.0326. The van der Waals surface area contributed by atoms with Gasteiger partial charge < -0.3 is 10.2 Å². The van der Waals surface area contributed by atoms with Crippen LogP contribution in [0.15, 0.2) is 34.3 Å². The van der Waals surface area contributed by atoms with E-state index in [2.05, 4.69) is 107 Å². The van der Waals surface area contributed by atoms with Crippen molar-refractivity contribution in [1.29, 1.82) is 0 Å². The van der Waals surface area contributed by atoms with E-state index in [1.165, 1.54) is 11.1 Å². The lowest BCUT2D eigenvalue weighted by atomic mass is 9.79. The highest BCUT2D eigenvalue weighted by atomic mass is 16.3. The Balaban J connectivity index is 1.92. The molecule has 2 N–H and O–H groups in total. The summed E-state index contributed by atoms with van der Waals surface area (Å²) in [7, 11) is 0. The Morgan fingerprint density at radius 1 is 0.553 bits per heavy atom. The van der Waals surface area contributed by atoms with Crippen molar-refractivity contribution in [3.63, 3.8) is 0 Å². The lowest BCUT2D eigenvalue weighted by Crippen LogP contribution is -2.34. The van der Waals surface area contributed by atoms with E-state index in [-0.39, 0.29) is 33.7 Å². The Morgan fingerprint density at radius 2 is 0.868 bits per heavy atom. The highest BCUT2D eigenvalue weighted by Gasteiger charge is 2.31. The average Bonchev–Trinajstić information content (AvgIpc) is 2.72. The SMILES string of the molecule is CC(C)(C)c1cc(C=N[C@@H]2CC[C@H]2N=Cc2cc(C(C)(C)C)cc(C(C)(C)C)c2O)c(O)c(C(C)(C)C)c1. The highest BCUT2D eigenvalue weighted by molar-refractivity contribution is 5.86. The van der Waals surface area contributed by atoms with Crippen LogP contribution in [0.2, 0.25) is 0 Å². The second-order valence-electron chi connectivity index (χ2n) is 15.2. The van der Waals surface area contributed by atoms with Gasteiger partial charge in [0.15, 0.2) is 0 Å². The molecular formula is C34H50N2O2. The van der Waals surface area contributed by atoms with E-state index in [9.17, 15) is 10.2 Å². The summed E-state index contributed by atoms with van der Waals surface area (Å²) >= 11 is 0. The number of aromatic hydroxyl groups is 2. The van der Waals surface area contributed by atoms with Crippen LogP contribution in [0, 0.1) is 0 Å². The molecule has 2 atom stereocenters. The zero-order valence-electron chi connectivity index (χ0n) is 25.8. The third-order valence-corrected chi connectivity index (χ3v) is 7.64. The normalized spacial score (nSPS) is 19.4. The van der Waals surface area contributed by atoms with Crippen molar-refractivity contribution in [3.8, 4) is 11.5 Å². The van der Waals surface area contributed by atoms with Crippen LogP contribution in [-0.2, 0) is 21.7 Å². The van der Waals surface area contributed by atoms with Crippen LogP contribution in [0.1, 0.15) is 129 Å². The van der Waals surface area contributed by atoms with Gasteiger partial charge in [0.2, 0.25) is 0 Å². The molecule has 3 rings (SSSR count). The van der Waals surface area contributed by atoms with Crippen molar-refractivity contribution in [3.05, 3.63) is 57.6 Å². The molecule has 0 bridgehead atoms. The van der Waals surface area contributed by atoms with Gasteiger partial charge in [0.1, 0.15) is 11.5 Å². The monoisotopic (exact) mass is 518 g/mol. The molecule has 0 spiro atoms. The molecule has 0 unspecified atom stereocenters. The smallest absolute Gasteiger partial charge is 0.128 e. The zero-order valence-corrected chi connectivity index (χ0v) is 25.8. The van der Waals surface area contributed by atoms with Crippen LogP contribution in [0.4, 0.5) is 0 Å². The van der Waals surface area contributed by atoms with Gasteiger partial charge in [0.25, 0.3) is 0 Å². The minimum atomic E-state index is -0.174. The van der Waals surface area contributed by atoms with Crippen LogP contribution in [0.25, 0.3) is 0 Å². The van der Waals surface area contributed by atoms with Gasteiger partial charge >= 0.3 is 0 Å². The summed E-state index contributed by atoms with van der Waals surface area (Å²) in [6.07, 6.45) is 5.60. The second-order valence-corrected chi connectivity index (χ2v) is 15.2. The summed E-state index contributed by atoms with van der Waals surface area (Å²) in [5.41, 5.74) is 5.38. The molecule has 208 valence electrons. The molecule has 0 aliphatic heterocycles. The largest absolute Gasteiger partial charge is 0.507 e. The van der Waals surface area contributed by atoms with E-state index < -0.39 is 0 Å². The van der Waals surface area contributed by atoms with Gasteiger partial charge in [-0.15, -0.1) is 0 Å². The Morgan fingerprint density at radius 3 is 1.11 bits per heavy atom. The van der Waals surface area contributed by atoms with E-state index in [1.807, 2.05) is 12.4 Å². The van der Waals surface area contributed by atoms with E-state index >= 15 is 0 Å². The first-order chi connectivity index (χ1) is 17.2. The fourth-order valence-electron chi connectivity index (χ4n) is 4.68. The summed E-state index contributed by atoms with van der Waals surface area (Å²) in [4.78, 5) is 9.75. The Hall–Kier alpha value is -2.62. The molecule has 2 aromatic rings. The van der Waals surface area contributed by atoms with Gasteiger partial charge in [-0.3, -0.25) is 9.98 Å². The molecule has 1 fully saturated rings. The number of rotatable bonds is 4. The maximum absolute atomic E-state index is 11.1. The Bertz CT molecular complexity index is 1130. The lowest BCUT2D eigenvalue weighted by Gasteiger charge is -2.31. The van der Waals surface area contributed by atoms with Gasteiger partial charge in [-0.25, -0.2) is 0 Å². The zero-order chi connectivity index (χ0) is 28.8. The van der Waals surface area contributed by atoms with Crippen molar-refractivity contribution >= 4 is 12.4 Å². The van der Waals surface area contributed by atoms with Crippen molar-refractivity contribution in [1.82, 2.24) is 0 Å². The summed E-state index contributed by atoms with van der Waals surface area (Å²) in [5, 5.41) is 22.2. The third-order valence-electron chi connectivity index (χ3n) is 7.64. The number of aliphatic imine (C=N–C) groups is 2. The number of hydrogen-bond acceptors (Lipinski definition) is 4. The van der Waals surface area contributed by atoms with Crippen molar-refractivity contribution in [2.45, 2.75) is 130 Å². The number of phenolic OH excluding ortho intramolecular Hbond substituents is 2. The summed E-state index contributed by atoms with van der Waals surface area (Å²) in [6.45, 7) is 25.9. The molecule has 38 heavy (non-hydrogen) atoms. The van der Waals surface area contributed by atoms with Crippen molar-refractivity contribution in [2.24, 2.45) is 9.98 Å². The second kappa shape index (κ2) is 10.2. The topological polar surface area (TPSA) is 65.2 Å². The van der Waals surface area contributed by atoms with E-state index in [0.717, 1.165) is 35.1 Å². The maximum Gasteiger partial charge on any atom is 0.128 e. The van der Waals surface area contributed by atoms with Crippen LogP contribution < -0.4 is 0 Å².